The molecule has 1 heterocycles. The highest BCUT2D eigenvalue weighted by Crippen LogP contribution is 2.51. The lowest BCUT2D eigenvalue weighted by Gasteiger charge is -2.38. The summed E-state index contributed by atoms with van der Waals surface area (Å²) in [6, 6.07) is 15.9. The minimum absolute atomic E-state index is 0.377. The van der Waals surface area contributed by atoms with Crippen molar-refractivity contribution in [1.82, 2.24) is 0 Å². The van der Waals surface area contributed by atoms with E-state index in [2.05, 4.69) is 82.1 Å². The number of thioether (sulfide) groups is 1. The number of anilines is 1. The molecule has 2 aromatic rings. The maximum Gasteiger partial charge on any atom is 0.0554 e. The summed E-state index contributed by atoms with van der Waals surface area (Å²) in [6.07, 6.45) is 8.01. The molecule has 0 fully saturated rings. The molecule has 112 valence electrons. The molecule has 1 aliphatic heterocycles. The van der Waals surface area contributed by atoms with Gasteiger partial charge in [0.05, 0.1) is 11.7 Å². The second-order valence-electron chi connectivity index (χ2n) is 5.95. The van der Waals surface area contributed by atoms with E-state index in [9.17, 15) is 0 Å². The van der Waals surface area contributed by atoms with Gasteiger partial charge in [0, 0.05) is 15.3 Å². The molecule has 0 saturated carbocycles. The molecule has 2 aliphatic rings. The van der Waals surface area contributed by atoms with E-state index in [1.807, 2.05) is 0 Å². The number of fused-ring (bicyclic) bond motifs is 3. The van der Waals surface area contributed by atoms with Crippen LogP contribution in [-0.2, 0) is 0 Å². The summed E-state index contributed by atoms with van der Waals surface area (Å²) in [6.45, 7) is 0. The van der Waals surface area contributed by atoms with Crippen LogP contribution in [-0.4, -0.2) is 6.26 Å². The molecule has 22 heavy (non-hydrogen) atoms. The smallest absolute Gasteiger partial charge is 0.0554 e. The van der Waals surface area contributed by atoms with Crippen molar-refractivity contribution in [3.8, 4) is 0 Å². The largest absolute Gasteiger partial charge is 0.377 e. The molecule has 0 aromatic heterocycles. The first-order valence-corrected chi connectivity index (χ1v) is 9.65. The zero-order valence-corrected chi connectivity index (χ0v) is 14.8. The molecule has 1 N–H and O–H groups in total. The summed E-state index contributed by atoms with van der Waals surface area (Å²) < 4.78 is 1.16. The van der Waals surface area contributed by atoms with Crippen LogP contribution in [0.25, 0.3) is 0 Å². The van der Waals surface area contributed by atoms with Crippen molar-refractivity contribution in [2.45, 2.75) is 23.3 Å². The van der Waals surface area contributed by atoms with Gasteiger partial charge in [0.1, 0.15) is 0 Å². The number of allylic oxidation sites excluding steroid dienone is 2. The van der Waals surface area contributed by atoms with Gasteiger partial charge in [-0.2, -0.15) is 0 Å². The zero-order valence-electron chi connectivity index (χ0n) is 12.4. The number of benzene rings is 2. The van der Waals surface area contributed by atoms with Gasteiger partial charge in [-0.1, -0.05) is 36.4 Å². The monoisotopic (exact) mass is 371 g/mol. The summed E-state index contributed by atoms with van der Waals surface area (Å²) in [5.74, 6) is 1.14. The van der Waals surface area contributed by atoms with Crippen molar-refractivity contribution in [3.05, 3.63) is 70.2 Å². The molecule has 3 unspecified atom stereocenters. The Kier molecular flexibility index (Phi) is 3.79. The molecule has 3 heteroatoms. The fourth-order valence-electron chi connectivity index (χ4n) is 3.72. The van der Waals surface area contributed by atoms with Crippen molar-refractivity contribution in [2.75, 3.05) is 11.6 Å². The van der Waals surface area contributed by atoms with E-state index in [4.69, 9.17) is 0 Å². The lowest BCUT2D eigenvalue weighted by Crippen LogP contribution is -2.29. The second-order valence-corrected chi connectivity index (χ2v) is 7.69. The SMILES string of the molecule is CSc1ccc(C2Nc3c(Br)cccc3C3C=CCC32)cc1. The normalized spacial score (nSPS) is 25.5. The van der Waals surface area contributed by atoms with Gasteiger partial charge in [0.2, 0.25) is 0 Å². The molecular formula is C19H18BrNS. The topological polar surface area (TPSA) is 12.0 Å². The van der Waals surface area contributed by atoms with Crippen molar-refractivity contribution in [3.63, 3.8) is 0 Å². The maximum absolute atomic E-state index is 3.80. The van der Waals surface area contributed by atoms with E-state index in [1.165, 1.54) is 21.7 Å². The van der Waals surface area contributed by atoms with Crippen LogP contribution in [0.2, 0.25) is 0 Å². The minimum atomic E-state index is 0.377. The average molecular weight is 372 g/mol. The standard InChI is InChI=1S/C19H18BrNS/c1-22-13-10-8-12(9-11-13)18-15-5-2-4-14(15)16-6-3-7-17(20)19(16)21-18/h2-4,6-11,14-15,18,21H,5H2,1H3. The molecule has 1 aliphatic carbocycles. The third-order valence-electron chi connectivity index (χ3n) is 4.82. The Morgan fingerprint density at radius 2 is 1.95 bits per heavy atom. The van der Waals surface area contributed by atoms with E-state index in [0.29, 0.717) is 17.9 Å². The van der Waals surface area contributed by atoms with Gasteiger partial charge < -0.3 is 5.32 Å². The molecule has 4 rings (SSSR count). The molecule has 0 radical (unpaired) electrons. The highest BCUT2D eigenvalue weighted by atomic mass is 79.9. The first-order valence-electron chi connectivity index (χ1n) is 7.63. The van der Waals surface area contributed by atoms with Gasteiger partial charge in [-0.05, 0) is 63.9 Å². The van der Waals surface area contributed by atoms with Crippen molar-refractivity contribution >= 4 is 33.4 Å². The first kappa shape index (κ1) is 14.4. The molecule has 2 aromatic carbocycles. The molecule has 1 nitrogen and oxygen atoms in total. The van der Waals surface area contributed by atoms with Gasteiger partial charge >= 0.3 is 0 Å². The van der Waals surface area contributed by atoms with Crippen molar-refractivity contribution < 1.29 is 0 Å². The highest BCUT2D eigenvalue weighted by molar-refractivity contribution is 9.10. The van der Waals surface area contributed by atoms with Gasteiger partial charge in [-0.15, -0.1) is 11.8 Å². The third kappa shape index (κ3) is 2.31. The van der Waals surface area contributed by atoms with Gasteiger partial charge in [-0.3, -0.25) is 0 Å². The molecule has 0 saturated heterocycles. The molecule has 3 atom stereocenters. The highest BCUT2D eigenvalue weighted by Gasteiger charge is 2.38. The number of hydrogen-bond donors (Lipinski definition) is 1. The number of halogens is 1. The Hall–Kier alpha value is -1.19. The van der Waals surface area contributed by atoms with E-state index < -0.39 is 0 Å². The Morgan fingerprint density at radius 1 is 1.14 bits per heavy atom. The molecule has 0 bridgehead atoms. The van der Waals surface area contributed by atoms with Crippen LogP contribution in [0.15, 0.2) is 64.0 Å². The summed E-state index contributed by atoms with van der Waals surface area (Å²) in [5, 5.41) is 3.80. The van der Waals surface area contributed by atoms with Crippen LogP contribution >= 0.6 is 27.7 Å². The van der Waals surface area contributed by atoms with E-state index in [-0.39, 0.29) is 0 Å². The second kappa shape index (κ2) is 5.78. The predicted molar refractivity (Wildman–Crippen MR) is 98.7 cm³/mol. The van der Waals surface area contributed by atoms with Crippen LogP contribution in [0, 0.1) is 5.92 Å². The van der Waals surface area contributed by atoms with E-state index in [0.717, 1.165) is 10.9 Å². The molecule has 0 spiro atoms. The zero-order chi connectivity index (χ0) is 15.1. The van der Waals surface area contributed by atoms with Crippen LogP contribution < -0.4 is 5.32 Å². The summed E-state index contributed by atoms with van der Waals surface area (Å²) in [7, 11) is 0. The van der Waals surface area contributed by atoms with Gasteiger partial charge in [-0.25, -0.2) is 0 Å². The van der Waals surface area contributed by atoms with Crippen LogP contribution in [0.5, 0.6) is 0 Å². The third-order valence-corrected chi connectivity index (χ3v) is 6.23. The fraction of sp³-hybridized carbons (Fsp3) is 0.263. The molecular weight excluding hydrogens is 354 g/mol. The maximum atomic E-state index is 3.80. The van der Waals surface area contributed by atoms with Crippen LogP contribution in [0.3, 0.4) is 0 Å². The van der Waals surface area contributed by atoms with E-state index >= 15 is 0 Å². The van der Waals surface area contributed by atoms with Crippen LogP contribution in [0.1, 0.15) is 29.5 Å². The van der Waals surface area contributed by atoms with Crippen molar-refractivity contribution in [2.24, 2.45) is 5.92 Å². The first-order chi connectivity index (χ1) is 10.8. The summed E-state index contributed by atoms with van der Waals surface area (Å²) in [5.41, 5.74) is 4.07. The predicted octanol–water partition coefficient (Wildman–Crippen LogP) is 6.00. The lowest BCUT2D eigenvalue weighted by atomic mass is 9.77. The van der Waals surface area contributed by atoms with Crippen molar-refractivity contribution in [1.29, 1.82) is 0 Å². The Bertz CT molecular complexity index is 723. The Morgan fingerprint density at radius 3 is 2.73 bits per heavy atom. The Balaban J connectivity index is 1.76. The minimum Gasteiger partial charge on any atom is -0.377 e. The molecule has 0 amide bonds. The van der Waals surface area contributed by atoms with Gasteiger partial charge in [0.25, 0.3) is 0 Å². The number of nitrogens with one attached hydrogen (secondary N) is 1. The number of hydrogen-bond acceptors (Lipinski definition) is 2. The van der Waals surface area contributed by atoms with Gasteiger partial charge in [0.15, 0.2) is 0 Å². The summed E-state index contributed by atoms with van der Waals surface area (Å²) in [4.78, 5) is 1.32. The quantitative estimate of drug-likeness (QED) is 0.513. The Labute approximate surface area is 144 Å². The van der Waals surface area contributed by atoms with Crippen LogP contribution in [0.4, 0.5) is 5.69 Å². The summed E-state index contributed by atoms with van der Waals surface area (Å²) >= 11 is 5.51. The lowest BCUT2D eigenvalue weighted by molar-refractivity contribution is 0.425. The number of rotatable bonds is 2. The fourth-order valence-corrected chi connectivity index (χ4v) is 4.63. The number of para-hydroxylation sites is 1. The van der Waals surface area contributed by atoms with E-state index in [1.54, 1.807) is 11.8 Å². The average Bonchev–Trinajstić information content (AvgIpc) is 3.05.